The summed E-state index contributed by atoms with van der Waals surface area (Å²) < 4.78 is 6.66. The van der Waals surface area contributed by atoms with Gasteiger partial charge in [-0.1, -0.05) is 144 Å². The predicted octanol–water partition coefficient (Wildman–Crippen LogP) is 7.53. The van der Waals surface area contributed by atoms with E-state index < -0.39 is 0 Å². The Morgan fingerprint density at radius 1 is 0.317 bits per heavy atom. The molecule has 4 nitrogen and oxygen atoms in total. The van der Waals surface area contributed by atoms with Crippen LogP contribution in [-0.4, -0.2) is 54.2 Å². The van der Waals surface area contributed by atoms with Gasteiger partial charge < -0.3 is 4.42 Å². The fourth-order valence-electron chi connectivity index (χ4n) is 8.53. The highest BCUT2D eigenvalue weighted by molar-refractivity contribution is 6.68. The molecule has 0 saturated heterocycles. The Morgan fingerprint density at radius 2 is 0.767 bits per heavy atom. The summed E-state index contributed by atoms with van der Waals surface area (Å²) >= 11 is 0. The third-order valence-electron chi connectivity index (χ3n) is 11.6. The van der Waals surface area contributed by atoms with E-state index in [1.54, 1.807) is 0 Å². The van der Waals surface area contributed by atoms with Crippen LogP contribution in [0.2, 0.25) is 0 Å². The number of rotatable bonds is 5. The predicted molar refractivity (Wildman–Crippen MR) is 254 cm³/mol. The minimum Gasteiger partial charge on any atom is -0.455 e. The Bertz CT molecular complexity index is 3490. The van der Waals surface area contributed by atoms with Crippen molar-refractivity contribution >= 4 is 121 Å². The maximum absolute atomic E-state index is 6.66. The molecule has 0 aliphatic rings. The van der Waals surface area contributed by atoms with Gasteiger partial charge in [0.05, 0.1) is 5.56 Å². The van der Waals surface area contributed by atoms with Crippen molar-refractivity contribution in [2.75, 3.05) is 0 Å². The van der Waals surface area contributed by atoms with Gasteiger partial charge in [-0.05, 0) is 78.8 Å². The average molecular weight is 751 g/mol. The molecule has 0 bridgehead atoms. The minimum absolute atomic E-state index is 0.170. The van der Waals surface area contributed by atoms with E-state index in [1.807, 2.05) is 66.7 Å². The van der Waals surface area contributed by atoms with Crippen LogP contribution >= 0.6 is 0 Å². The molecule has 11 rings (SSSR count). The summed E-state index contributed by atoms with van der Waals surface area (Å²) in [5.41, 5.74) is 8.40. The monoisotopic (exact) mass is 751 g/mol. The maximum Gasteiger partial charge on any atom is 0.167 e. The van der Waals surface area contributed by atoms with E-state index in [-0.39, 0.29) is 27.3 Å². The van der Waals surface area contributed by atoms with Crippen LogP contribution in [0, 0.1) is 0 Å². The van der Waals surface area contributed by atoms with Crippen LogP contribution in [0.4, 0.5) is 0 Å². The van der Waals surface area contributed by atoms with Crippen LogP contribution in [0.1, 0.15) is 0 Å². The van der Waals surface area contributed by atoms with Crippen molar-refractivity contribution in [2.24, 2.45) is 0 Å². The number of hydrogen-bond donors (Lipinski definition) is 0. The summed E-state index contributed by atoms with van der Waals surface area (Å²) in [7, 11) is 31.2. The first-order valence-corrected chi connectivity index (χ1v) is 19.6. The van der Waals surface area contributed by atoms with E-state index in [9.17, 15) is 0 Å². The van der Waals surface area contributed by atoms with Gasteiger partial charge in [0.1, 0.15) is 50.4 Å². The lowest BCUT2D eigenvalue weighted by Crippen LogP contribution is -2.55. The lowest BCUT2D eigenvalue weighted by atomic mass is 9.59. The van der Waals surface area contributed by atoms with E-state index in [4.69, 9.17) is 58.6 Å². The molecule has 60 heavy (non-hydrogen) atoms. The highest BCUT2D eigenvalue weighted by Crippen LogP contribution is 2.40. The van der Waals surface area contributed by atoms with Crippen molar-refractivity contribution in [1.29, 1.82) is 0 Å². The topological polar surface area (TPSA) is 51.8 Å². The molecular weight excluding hydrogens is 725 g/mol. The molecule has 2 heterocycles. The summed E-state index contributed by atoms with van der Waals surface area (Å²) in [5, 5.41) is 9.43. The van der Waals surface area contributed by atoms with Gasteiger partial charge in [0.25, 0.3) is 0 Å². The first-order chi connectivity index (χ1) is 29.3. The van der Waals surface area contributed by atoms with Crippen LogP contribution in [0.15, 0.2) is 162 Å². The number of para-hydroxylation sites is 1. The van der Waals surface area contributed by atoms with Gasteiger partial charge in [0.2, 0.25) is 0 Å². The molecule has 9 aromatic carbocycles. The van der Waals surface area contributed by atoms with Crippen LogP contribution in [-0.2, 0) is 0 Å². The van der Waals surface area contributed by atoms with Gasteiger partial charge >= 0.3 is 0 Å². The first kappa shape index (κ1) is 36.0. The summed E-state index contributed by atoms with van der Waals surface area (Å²) in [5.74, 6) is 1.49. The molecular formula is C51H26B5N3O. The minimum atomic E-state index is 0.170. The SMILES string of the molecule is [B]c1c([B])c([B])c(-c2ccc(-c3nc(-c4ccccc4)nc(-c4cccc5c4oc4ccc(-c6ccc7c8ccccc8c8ccccc8c7c6)cc45)n3)cc2)c([B])c1[B]. The van der Waals surface area contributed by atoms with Crippen molar-refractivity contribution in [3.8, 4) is 56.4 Å². The molecule has 10 radical (unpaired) electrons. The van der Waals surface area contributed by atoms with Crippen molar-refractivity contribution in [1.82, 2.24) is 15.0 Å². The molecule has 0 spiro atoms. The molecule has 266 valence electrons. The van der Waals surface area contributed by atoms with E-state index >= 15 is 0 Å². The van der Waals surface area contributed by atoms with E-state index in [0.29, 0.717) is 28.6 Å². The molecule has 0 aliphatic heterocycles. The third kappa shape index (κ3) is 5.72. The highest BCUT2D eigenvalue weighted by Gasteiger charge is 2.19. The molecule has 0 amide bonds. The maximum atomic E-state index is 6.66. The van der Waals surface area contributed by atoms with Crippen LogP contribution in [0.25, 0.3) is 111 Å². The second kappa shape index (κ2) is 14.0. The number of benzene rings is 9. The molecule has 0 N–H and O–H groups in total. The summed E-state index contributed by atoms with van der Waals surface area (Å²) in [6.45, 7) is 0. The highest BCUT2D eigenvalue weighted by atomic mass is 16.3. The third-order valence-corrected chi connectivity index (χ3v) is 11.6. The van der Waals surface area contributed by atoms with Gasteiger partial charge in [-0.25, -0.2) is 15.0 Å². The number of nitrogens with zero attached hydrogens (tertiary/aromatic N) is 3. The number of hydrogen-bond acceptors (Lipinski definition) is 4. The van der Waals surface area contributed by atoms with Gasteiger partial charge in [0, 0.05) is 21.9 Å². The number of aromatic nitrogens is 3. The molecule has 0 saturated carbocycles. The lowest BCUT2D eigenvalue weighted by molar-refractivity contribution is 0.669. The van der Waals surface area contributed by atoms with Crippen molar-refractivity contribution in [3.05, 3.63) is 158 Å². The standard InChI is InChI=1S/C51H26B5N3O/c52-43-42(44(53)46(55)47(56)45(43)54)27-17-19-29(20-18-27)50-57-49(28-9-2-1-3-10-28)58-51(59-50)38-16-8-15-37-40-26-31(22-24-41(40)60-48(37)38)30-21-23-36-34-13-5-4-11-32(34)33-12-6-7-14-35(33)39(36)25-30/h1-26H. The summed E-state index contributed by atoms with van der Waals surface area (Å²) in [4.78, 5) is 15.0. The fourth-order valence-corrected chi connectivity index (χ4v) is 8.53. The van der Waals surface area contributed by atoms with Gasteiger partial charge in [-0.2, -0.15) is 0 Å². The Balaban J connectivity index is 1.03. The largest absolute Gasteiger partial charge is 0.455 e. The lowest BCUT2D eigenvalue weighted by Gasteiger charge is -2.21. The van der Waals surface area contributed by atoms with Crippen LogP contribution < -0.4 is 27.3 Å². The zero-order valence-electron chi connectivity index (χ0n) is 32.1. The van der Waals surface area contributed by atoms with Crippen molar-refractivity contribution < 1.29 is 4.42 Å². The van der Waals surface area contributed by atoms with E-state index in [0.717, 1.165) is 49.7 Å². The number of furan rings is 1. The van der Waals surface area contributed by atoms with Crippen LogP contribution in [0.5, 0.6) is 0 Å². The van der Waals surface area contributed by atoms with Gasteiger partial charge in [0.15, 0.2) is 17.5 Å². The quantitative estimate of drug-likeness (QED) is 0.135. The van der Waals surface area contributed by atoms with Crippen molar-refractivity contribution in [3.63, 3.8) is 0 Å². The second-order valence-electron chi connectivity index (χ2n) is 15.0. The second-order valence-corrected chi connectivity index (χ2v) is 15.0. The molecule has 2 aromatic heterocycles. The van der Waals surface area contributed by atoms with Gasteiger partial charge in [-0.15, -0.1) is 16.4 Å². The zero-order chi connectivity index (χ0) is 40.6. The van der Waals surface area contributed by atoms with Crippen LogP contribution in [0.3, 0.4) is 0 Å². The first-order valence-electron chi connectivity index (χ1n) is 19.6. The van der Waals surface area contributed by atoms with E-state index in [2.05, 4.69) is 91.0 Å². The Kier molecular flexibility index (Phi) is 8.42. The Hall–Kier alpha value is -7.11. The molecule has 0 unspecified atom stereocenters. The van der Waals surface area contributed by atoms with Gasteiger partial charge in [-0.3, -0.25) is 0 Å². The van der Waals surface area contributed by atoms with Crippen molar-refractivity contribution in [2.45, 2.75) is 0 Å². The fraction of sp³-hybridized carbons (Fsp3) is 0. The Labute approximate surface area is 352 Å². The van der Waals surface area contributed by atoms with E-state index in [1.165, 1.54) is 32.3 Å². The zero-order valence-corrected chi connectivity index (χ0v) is 32.1. The number of fused-ring (bicyclic) bond motifs is 9. The molecule has 11 aromatic rings. The summed E-state index contributed by atoms with van der Waals surface area (Å²) in [6.07, 6.45) is 0. The summed E-state index contributed by atoms with van der Waals surface area (Å²) in [6, 6.07) is 54.0. The average Bonchev–Trinajstić information content (AvgIpc) is 3.69. The molecule has 0 aliphatic carbocycles. The molecule has 9 heteroatoms. The normalized spacial score (nSPS) is 11.7. The molecule has 0 atom stereocenters. The molecule has 0 fully saturated rings. The Morgan fingerprint density at radius 3 is 1.40 bits per heavy atom. The smallest absolute Gasteiger partial charge is 0.167 e.